The Morgan fingerprint density at radius 1 is 1.10 bits per heavy atom. The summed E-state index contributed by atoms with van der Waals surface area (Å²) in [4.78, 5) is 26.8. The molecule has 0 spiro atoms. The van der Waals surface area contributed by atoms with E-state index in [4.69, 9.17) is 16.3 Å². The average Bonchev–Trinajstić information content (AvgIpc) is 2.96. The van der Waals surface area contributed by atoms with E-state index in [9.17, 15) is 19.8 Å². The van der Waals surface area contributed by atoms with Gasteiger partial charge in [-0.05, 0) is 48.8 Å². The third-order valence-electron chi connectivity index (χ3n) is 8.27. The van der Waals surface area contributed by atoms with Crippen LogP contribution in [0.3, 0.4) is 0 Å². The zero-order valence-corrected chi connectivity index (χ0v) is 24.9. The fourth-order valence-electron chi connectivity index (χ4n) is 5.99. The van der Waals surface area contributed by atoms with Gasteiger partial charge >= 0.3 is 12.1 Å². The Kier molecular flexibility index (Phi) is 13.3. The standard InChI is InChI=1S/C30H48ClN3O6/c1-20(2)26(35)27(36)25(17-21-9-5-4-6-10-21)33-29(37)34-15-8-12-23(19-34)28(22-11-7-13-24(31)18-22)40-16-14-32-30(38)39-3/h7,11,13,18,20-21,23,25-28,35-36H,4-6,8-10,12,14-17,19H2,1-3H3,(H,32,38)(H,33,37)/t23?,25-,26+,27+,28?/m0/s1. The van der Waals surface area contributed by atoms with E-state index in [0.29, 0.717) is 37.0 Å². The molecule has 10 heteroatoms. The number of halogens is 1. The average molecular weight is 582 g/mol. The summed E-state index contributed by atoms with van der Waals surface area (Å²) in [5.41, 5.74) is 0.920. The summed E-state index contributed by atoms with van der Waals surface area (Å²) >= 11 is 6.30. The molecule has 1 aliphatic carbocycles. The van der Waals surface area contributed by atoms with E-state index < -0.39 is 24.3 Å². The lowest BCUT2D eigenvalue weighted by atomic mass is 9.82. The van der Waals surface area contributed by atoms with Gasteiger partial charge < -0.3 is 35.2 Å². The molecule has 226 valence electrons. The molecule has 1 saturated heterocycles. The molecule has 1 aromatic carbocycles. The molecule has 1 aromatic rings. The number of benzene rings is 1. The van der Waals surface area contributed by atoms with Gasteiger partial charge in [0.1, 0.15) is 6.10 Å². The van der Waals surface area contributed by atoms with Gasteiger partial charge in [-0.25, -0.2) is 9.59 Å². The Balaban J connectivity index is 1.69. The number of amides is 3. The highest BCUT2D eigenvalue weighted by Gasteiger charge is 2.35. The van der Waals surface area contributed by atoms with Gasteiger partial charge in [0.2, 0.25) is 0 Å². The van der Waals surface area contributed by atoms with Crippen LogP contribution in [-0.2, 0) is 9.47 Å². The molecule has 0 radical (unpaired) electrons. The van der Waals surface area contributed by atoms with Gasteiger partial charge in [0, 0.05) is 30.6 Å². The van der Waals surface area contributed by atoms with Crippen molar-refractivity contribution in [1.29, 1.82) is 0 Å². The summed E-state index contributed by atoms with van der Waals surface area (Å²) in [5.74, 6) is 0.324. The third-order valence-corrected chi connectivity index (χ3v) is 8.51. The minimum absolute atomic E-state index is 0.0130. The predicted octanol–water partition coefficient (Wildman–Crippen LogP) is 4.89. The van der Waals surface area contributed by atoms with Crippen LogP contribution in [0.1, 0.15) is 76.9 Å². The van der Waals surface area contributed by atoms with Gasteiger partial charge in [-0.3, -0.25) is 0 Å². The maximum Gasteiger partial charge on any atom is 0.406 e. The van der Waals surface area contributed by atoms with Crippen molar-refractivity contribution in [2.45, 2.75) is 89.6 Å². The van der Waals surface area contributed by atoms with Crippen molar-refractivity contribution in [2.24, 2.45) is 17.8 Å². The lowest BCUT2D eigenvalue weighted by molar-refractivity contribution is -0.0330. The Morgan fingerprint density at radius 3 is 2.52 bits per heavy atom. The molecule has 1 saturated carbocycles. The topological polar surface area (TPSA) is 120 Å². The second-order valence-corrected chi connectivity index (χ2v) is 12.1. The smallest absolute Gasteiger partial charge is 0.406 e. The van der Waals surface area contributed by atoms with Crippen LogP contribution in [-0.4, -0.2) is 78.8 Å². The molecule has 0 bridgehead atoms. The van der Waals surface area contributed by atoms with Crippen LogP contribution in [0.25, 0.3) is 0 Å². The number of hydrogen-bond acceptors (Lipinski definition) is 6. The molecule has 2 unspecified atom stereocenters. The number of aliphatic hydroxyl groups excluding tert-OH is 2. The maximum atomic E-state index is 13.6. The van der Waals surface area contributed by atoms with Crippen molar-refractivity contribution in [1.82, 2.24) is 15.5 Å². The Labute approximate surface area is 243 Å². The molecule has 9 nitrogen and oxygen atoms in total. The number of nitrogens with one attached hydrogen (secondary N) is 2. The van der Waals surface area contributed by atoms with E-state index in [1.807, 2.05) is 38.1 Å². The van der Waals surface area contributed by atoms with Gasteiger partial charge in [-0.15, -0.1) is 0 Å². The van der Waals surface area contributed by atoms with Crippen LogP contribution in [0.2, 0.25) is 5.02 Å². The second-order valence-electron chi connectivity index (χ2n) is 11.6. The van der Waals surface area contributed by atoms with Crippen molar-refractivity contribution < 1.29 is 29.3 Å². The SMILES string of the molecule is COC(=O)NCCOC(c1cccc(Cl)c1)C1CCCN(C(=O)N[C@@H](CC2CCCCC2)[C@@H](O)[C@H](O)C(C)C)C1. The molecule has 5 atom stereocenters. The zero-order valence-electron chi connectivity index (χ0n) is 24.2. The highest BCUT2D eigenvalue weighted by atomic mass is 35.5. The molecular formula is C30H48ClN3O6. The van der Waals surface area contributed by atoms with E-state index >= 15 is 0 Å². The molecule has 0 aromatic heterocycles. The van der Waals surface area contributed by atoms with Crippen molar-refractivity contribution in [3.05, 3.63) is 34.9 Å². The first-order chi connectivity index (χ1) is 19.2. The highest BCUT2D eigenvalue weighted by molar-refractivity contribution is 6.30. The molecular weight excluding hydrogens is 534 g/mol. The van der Waals surface area contributed by atoms with Gasteiger partial charge in [0.25, 0.3) is 0 Å². The Bertz CT molecular complexity index is 928. The Hall–Kier alpha value is -2.07. The molecule has 40 heavy (non-hydrogen) atoms. The van der Waals surface area contributed by atoms with Crippen LogP contribution >= 0.6 is 11.6 Å². The largest absolute Gasteiger partial charge is 0.453 e. The summed E-state index contributed by atoms with van der Waals surface area (Å²) in [6.45, 7) is 5.40. The molecule has 1 heterocycles. The van der Waals surface area contributed by atoms with Crippen LogP contribution in [0, 0.1) is 17.8 Å². The number of urea groups is 1. The third kappa shape index (κ3) is 9.79. The number of hydrogen-bond donors (Lipinski definition) is 4. The number of nitrogens with zero attached hydrogens (tertiary/aromatic N) is 1. The van der Waals surface area contributed by atoms with Gasteiger partial charge in [0.05, 0.1) is 32.0 Å². The highest BCUT2D eigenvalue weighted by Crippen LogP contribution is 2.34. The lowest BCUT2D eigenvalue weighted by Gasteiger charge is -2.39. The number of alkyl carbamates (subject to hydrolysis) is 1. The number of methoxy groups -OCH3 is 1. The fourth-order valence-corrected chi connectivity index (χ4v) is 6.19. The Morgan fingerprint density at radius 2 is 1.85 bits per heavy atom. The van der Waals surface area contributed by atoms with E-state index in [-0.39, 0.29) is 30.6 Å². The minimum atomic E-state index is -1.03. The molecule has 2 fully saturated rings. The number of rotatable bonds is 12. The number of piperidine rings is 1. The monoisotopic (exact) mass is 581 g/mol. The first-order valence-electron chi connectivity index (χ1n) is 14.8. The number of carbonyl (C=O) groups excluding carboxylic acids is 2. The second kappa shape index (κ2) is 16.4. The van der Waals surface area contributed by atoms with E-state index in [0.717, 1.165) is 31.2 Å². The first-order valence-corrected chi connectivity index (χ1v) is 15.2. The van der Waals surface area contributed by atoms with Gasteiger partial charge in [0.15, 0.2) is 0 Å². The number of carbonyl (C=O) groups is 2. The van der Waals surface area contributed by atoms with Crippen molar-refractivity contribution in [3.63, 3.8) is 0 Å². The summed E-state index contributed by atoms with van der Waals surface area (Å²) < 4.78 is 10.9. The predicted molar refractivity (Wildman–Crippen MR) is 155 cm³/mol. The number of aliphatic hydroxyl groups is 2. The van der Waals surface area contributed by atoms with Crippen molar-refractivity contribution >= 4 is 23.7 Å². The summed E-state index contributed by atoms with van der Waals surface area (Å²) in [6, 6.07) is 6.79. The zero-order chi connectivity index (χ0) is 29.1. The van der Waals surface area contributed by atoms with Gasteiger partial charge in [-0.1, -0.05) is 69.7 Å². The van der Waals surface area contributed by atoms with Crippen molar-refractivity contribution in [2.75, 3.05) is 33.4 Å². The molecule has 4 N–H and O–H groups in total. The quantitative estimate of drug-likeness (QED) is 0.261. The summed E-state index contributed by atoms with van der Waals surface area (Å²) in [7, 11) is 1.31. The number of ether oxygens (including phenoxy) is 2. The normalized spacial score (nSPS) is 21.4. The summed E-state index contributed by atoms with van der Waals surface area (Å²) in [5, 5.41) is 28.1. The number of likely N-dealkylation sites (tertiary alicyclic amines) is 1. The van der Waals surface area contributed by atoms with E-state index in [1.165, 1.54) is 26.4 Å². The molecule has 1 aliphatic heterocycles. The minimum Gasteiger partial charge on any atom is -0.453 e. The van der Waals surface area contributed by atoms with Gasteiger partial charge in [-0.2, -0.15) is 0 Å². The van der Waals surface area contributed by atoms with Crippen LogP contribution < -0.4 is 10.6 Å². The van der Waals surface area contributed by atoms with Crippen LogP contribution in [0.15, 0.2) is 24.3 Å². The lowest BCUT2D eigenvalue weighted by Crippen LogP contribution is -2.55. The van der Waals surface area contributed by atoms with E-state index in [2.05, 4.69) is 15.4 Å². The maximum absolute atomic E-state index is 13.6. The van der Waals surface area contributed by atoms with Crippen molar-refractivity contribution in [3.8, 4) is 0 Å². The fraction of sp³-hybridized carbons (Fsp3) is 0.733. The summed E-state index contributed by atoms with van der Waals surface area (Å²) in [6.07, 6.45) is 5.30. The van der Waals surface area contributed by atoms with Crippen LogP contribution in [0.4, 0.5) is 9.59 Å². The molecule has 3 amide bonds. The van der Waals surface area contributed by atoms with Crippen LogP contribution in [0.5, 0.6) is 0 Å². The molecule has 3 rings (SSSR count). The first kappa shape index (κ1) is 32.4. The molecule has 2 aliphatic rings. The van der Waals surface area contributed by atoms with E-state index in [1.54, 1.807) is 4.90 Å².